The van der Waals surface area contributed by atoms with E-state index < -0.39 is 15.8 Å². The minimum absolute atomic E-state index is 0.0529. The van der Waals surface area contributed by atoms with Crippen LogP contribution in [0.1, 0.15) is 24.5 Å². The molecule has 1 fully saturated rings. The Bertz CT molecular complexity index is 1390. The van der Waals surface area contributed by atoms with Crippen molar-refractivity contribution in [1.29, 1.82) is 0 Å². The summed E-state index contributed by atoms with van der Waals surface area (Å²) in [6.45, 7) is 0.554. The molecule has 10 heteroatoms. The number of hydrogen-bond acceptors (Lipinski definition) is 6. The first kappa shape index (κ1) is 22.2. The SMILES string of the molecule is Nc1cnc(-c2ccc(-c3ccccc3)c(S(=O)(=O)N3CCC(c4c[nH]cn4)CC3)c2F)cn1. The zero-order chi connectivity index (χ0) is 23.7. The summed E-state index contributed by atoms with van der Waals surface area (Å²) in [4.78, 5) is 15.0. The second-order valence-electron chi connectivity index (χ2n) is 8.17. The number of halogens is 1. The molecular formula is C24H23FN6O2S. The Labute approximate surface area is 196 Å². The molecule has 174 valence electrons. The average molecular weight is 479 g/mol. The molecule has 5 rings (SSSR count). The van der Waals surface area contributed by atoms with Gasteiger partial charge in [0, 0.05) is 36.3 Å². The number of H-pyrrole nitrogens is 1. The van der Waals surface area contributed by atoms with E-state index in [1.807, 2.05) is 12.3 Å². The third-order valence-electron chi connectivity index (χ3n) is 6.12. The average Bonchev–Trinajstić information content (AvgIpc) is 3.40. The highest BCUT2D eigenvalue weighted by Crippen LogP contribution is 2.38. The lowest BCUT2D eigenvalue weighted by atomic mass is 9.95. The second-order valence-corrected chi connectivity index (χ2v) is 10.0. The van der Waals surface area contributed by atoms with Crippen molar-refractivity contribution in [2.24, 2.45) is 0 Å². The Morgan fingerprint density at radius 1 is 0.971 bits per heavy atom. The van der Waals surface area contributed by atoms with Gasteiger partial charge in [-0.05, 0) is 24.5 Å². The Morgan fingerprint density at radius 3 is 2.35 bits per heavy atom. The summed E-state index contributed by atoms with van der Waals surface area (Å²) in [5.74, 6) is -0.500. The van der Waals surface area contributed by atoms with Crippen LogP contribution in [0.15, 0.2) is 72.3 Å². The molecule has 34 heavy (non-hydrogen) atoms. The third-order valence-corrected chi connectivity index (χ3v) is 8.08. The van der Waals surface area contributed by atoms with Gasteiger partial charge in [0.25, 0.3) is 0 Å². The summed E-state index contributed by atoms with van der Waals surface area (Å²) < 4.78 is 45.1. The maximum absolute atomic E-state index is 16.0. The first-order chi connectivity index (χ1) is 16.4. The van der Waals surface area contributed by atoms with Gasteiger partial charge in [0.2, 0.25) is 10.0 Å². The predicted octanol–water partition coefficient (Wildman–Crippen LogP) is 3.82. The predicted molar refractivity (Wildman–Crippen MR) is 127 cm³/mol. The summed E-state index contributed by atoms with van der Waals surface area (Å²) >= 11 is 0. The zero-order valence-corrected chi connectivity index (χ0v) is 19.0. The van der Waals surface area contributed by atoms with Crippen molar-refractivity contribution >= 4 is 15.8 Å². The van der Waals surface area contributed by atoms with Crippen LogP contribution >= 0.6 is 0 Å². The molecule has 0 unspecified atom stereocenters. The molecule has 1 aliphatic heterocycles. The summed E-state index contributed by atoms with van der Waals surface area (Å²) in [6.07, 6.45) is 7.31. The smallest absolute Gasteiger partial charge is 0.246 e. The largest absolute Gasteiger partial charge is 0.382 e. The molecule has 1 saturated heterocycles. The van der Waals surface area contributed by atoms with Crippen LogP contribution in [0, 0.1) is 5.82 Å². The summed E-state index contributed by atoms with van der Waals surface area (Å²) in [5, 5.41) is 0. The van der Waals surface area contributed by atoms with Gasteiger partial charge in [-0.15, -0.1) is 0 Å². The van der Waals surface area contributed by atoms with E-state index in [-0.39, 0.29) is 41.0 Å². The van der Waals surface area contributed by atoms with E-state index in [4.69, 9.17) is 5.73 Å². The maximum atomic E-state index is 16.0. The molecule has 8 nitrogen and oxygen atoms in total. The molecule has 2 aromatic carbocycles. The number of aromatic amines is 1. The molecule has 0 atom stereocenters. The fourth-order valence-corrected chi connectivity index (χ4v) is 6.09. The number of nitrogen functional groups attached to an aromatic ring is 1. The molecule has 1 aliphatic rings. The fraction of sp³-hybridized carbons (Fsp3) is 0.208. The molecule has 0 radical (unpaired) electrons. The van der Waals surface area contributed by atoms with E-state index in [2.05, 4.69) is 19.9 Å². The molecule has 0 spiro atoms. The van der Waals surface area contributed by atoms with E-state index in [0.717, 1.165) is 5.69 Å². The number of benzene rings is 2. The number of piperidine rings is 1. The molecule has 3 heterocycles. The van der Waals surface area contributed by atoms with Gasteiger partial charge < -0.3 is 10.7 Å². The maximum Gasteiger partial charge on any atom is 0.246 e. The van der Waals surface area contributed by atoms with Gasteiger partial charge in [-0.1, -0.05) is 36.4 Å². The number of anilines is 1. The summed E-state index contributed by atoms with van der Waals surface area (Å²) in [5.41, 5.74) is 7.70. The van der Waals surface area contributed by atoms with Crippen LogP contribution < -0.4 is 5.73 Å². The number of rotatable bonds is 5. The van der Waals surface area contributed by atoms with Crippen LogP contribution in [0.4, 0.5) is 10.2 Å². The molecule has 0 amide bonds. The highest BCUT2D eigenvalue weighted by atomic mass is 32.2. The van der Waals surface area contributed by atoms with E-state index in [1.165, 1.54) is 22.8 Å². The van der Waals surface area contributed by atoms with Crippen molar-refractivity contribution in [2.45, 2.75) is 23.7 Å². The summed E-state index contributed by atoms with van der Waals surface area (Å²) in [6, 6.07) is 12.1. The van der Waals surface area contributed by atoms with Crippen molar-refractivity contribution in [1.82, 2.24) is 24.2 Å². The standard InChI is InChI=1S/C24H23FN6O2S/c25-23-19(21-13-29-22(26)14-28-21)7-6-18(16-4-2-1-3-5-16)24(23)34(32,33)31-10-8-17(9-11-31)20-12-27-15-30-20/h1-7,12-15,17H,8-11H2,(H2,26,29)(H,27,30). The second kappa shape index (κ2) is 8.96. The number of imidazole rings is 1. The minimum Gasteiger partial charge on any atom is -0.382 e. The number of sulfonamides is 1. The van der Waals surface area contributed by atoms with Gasteiger partial charge in [-0.3, -0.25) is 4.98 Å². The Balaban J connectivity index is 1.58. The van der Waals surface area contributed by atoms with Crippen molar-refractivity contribution in [3.63, 3.8) is 0 Å². The molecule has 0 aliphatic carbocycles. The molecule has 4 aromatic rings. The molecule has 0 bridgehead atoms. The monoisotopic (exact) mass is 478 g/mol. The third kappa shape index (κ3) is 4.06. The Morgan fingerprint density at radius 2 is 1.71 bits per heavy atom. The Hall–Kier alpha value is -3.63. The van der Waals surface area contributed by atoms with Crippen LogP contribution in [-0.2, 0) is 10.0 Å². The van der Waals surface area contributed by atoms with Gasteiger partial charge in [0.1, 0.15) is 10.7 Å². The van der Waals surface area contributed by atoms with Crippen molar-refractivity contribution < 1.29 is 12.8 Å². The lowest BCUT2D eigenvalue weighted by Crippen LogP contribution is -2.38. The normalized spacial score (nSPS) is 15.4. The van der Waals surface area contributed by atoms with Gasteiger partial charge in [-0.2, -0.15) is 4.31 Å². The first-order valence-corrected chi connectivity index (χ1v) is 12.3. The van der Waals surface area contributed by atoms with Crippen LogP contribution in [0.5, 0.6) is 0 Å². The topological polar surface area (TPSA) is 118 Å². The number of nitrogens with zero attached hydrogens (tertiary/aromatic N) is 4. The molecular weight excluding hydrogens is 455 g/mol. The minimum atomic E-state index is -4.15. The van der Waals surface area contributed by atoms with Gasteiger partial charge >= 0.3 is 0 Å². The van der Waals surface area contributed by atoms with Crippen LogP contribution in [-0.4, -0.2) is 45.7 Å². The zero-order valence-electron chi connectivity index (χ0n) is 18.2. The fourth-order valence-electron chi connectivity index (χ4n) is 4.34. The van der Waals surface area contributed by atoms with Gasteiger partial charge in [-0.25, -0.2) is 22.8 Å². The lowest BCUT2D eigenvalue weighted by Gasteiger charge is -2.31. The molecule has 3 N–H and O–H groups in total. The lowest BCUT2D eigenvalue weighted by molar-refractivity contribution is 0.316. The molecule has 0 saturated carbocycles. The van der Waals surface area contributed by atoms with Gasteiger partial charge in [0.15, 0.2) is 5.82 Å². The summed E-state index contributed by atoms with van der Waals surface area (Å²) in [7, 11) is -4.15. The van der Waals surface area contributed by atoms with Gasteiger partial charge in [0.05, 0.1) is 30.1 Å². The van der Waals surface area contributed by atoms with Crippen molar-refractivity contribution in [3.8, 4) is 22.4 Å². The number of nitrogens with two attached hydrogens (primary N) is 1. The number of aromatic nitrogens is 4. The van der Waals surface area contributed by atoms with E-state index in [1.54, 1.807) is 36.7 Å². The first-order valence-electron chi connectivity index (χ1n) is 10.9. The van der Waals surface area contributed by atoms with E-state index in [0.29, 0.717) is 24.0 Å². The van der Waals surface area contributed by atoms with E-state index >= 15 is 4.39 Å². The number of hydrogen-bond donors (Lipinski definition) is 2. The highest BCUT2D eigenvalue weighted by Gasteiger charge is 2.35. The van der Waals surface area contributed by atoms with Crippen LogP contribution in [0.2, 0.25) is 0 Å². The van der Waals surface area contributed by atoms with Crippen molar-refractivity contribution in [2.75, 3.05) is 18.8 Å². The molecule has 2 aromatic heterocycles. The van der Waals surface area contributed by atoms with Crippen LogP contribution in [0.25, 0.3) is 22.4 Å². The Kier molecular flexibility index (Phi) is 5.84. The van der Waals surface area contributed by atoms with Crippen LogP contribution in [0.3, 0.4) is 0 Å². The number of nitrogens with one attached hydrogen (secondary N) is 1. The van der Waals surface area contributed by atoms with E-state index in [9.17, 15) is 8.42 Å². The van der Waals surface area contributed by atoms with Crippen molar-refractivity contribution in [3.05, 3.63) is 78.9 Å². The highest BCUT2D eigenvalue weighted by molar-refractivity contribution is 7.89. The quantitative estimate of drug-likeness (QED) is 0.450.